The second kappa shape index (κ2) is 15.4. The lowest BCUT2D eigenvalue weighted by atomic mass is 9.84. The van der Waals surface area contributed by atoms with Gasteiger partial charge in [0, 0.05) is 25.1 Å². The van der Waals surface area contributed by atoms with Gasteiger partial charge < -0.3 is 20.5 Å². The fourth-order valence-corrected chi connectivity index (χ4v) is 6.54. The molecule has 0 fully saturated rings. The molecular weight excluding hydrogens is 584 g/mol. The lowest BCUT2D eigenvalue weighted by Crippen LogP contribution is -2.44. The highest BCUT2D eigenvalue weighted by Gasteiger charge is 2.36. The minimum absolute atomic E-state index is 0.0536. The van der Waals surface area contributed by atoms with Gasteiger partial charge in [-0.05, 0) is 48.6 Å². The molecule has 8 heteroatoms. The van der Waals surface area contributed by atoms with Crippen molar-refractivity contribution in [2.24, 2.45) is 0 Å². The van der Waals surface area contributed by atoms with E-state index in [1.54, 1.807) is 44.7 Å². The first-order chi connectivity index (χ1) is 21.6. The molecule has 0 saturated heterocycles. The maximum atomic E-state index is 13.0. The van der Waals surface area contributed by atoms with E-state index in [-0.39, 0.29) is 12.3 Å². The second-order valence-electron chi connectivity index (χ2n) is 11.7. The van der Waals surface area contributed by atoms with Crippen LogP contribution >= 0.6 is 11.8 Å². The molecule has 45 heavy (non-hydrogen) atoms. The van der Waals surface area contributed by atoms with Gasteiger partial charge in [-0.3, -0.25) is 4.79 Å². The molecule has 234 valence electrons. The molecule has 0 bridgehead atoms. The standard InChI is InChI=1S/C37H40N2O5S/c1-36(2,3)44-35(43)39-32(34(41)42)25-27-19-21-28(22-20-27)26-38-33(40)23-24-45-37(29-13-7-4-8-14-29,30-15-9-5-10-16-30)31-17-11-6-12-18-31/h4-22,32H,23-26H2,1-3H3,(H,38,40)(H,39,43)(H,41,42)/t32-/m1/s1. The van der Waals surface area contributed by atoms with Gasteiger partial charge in [-0.15, -0.1) is 11.8 Å². The van der Waals surface area contributed by atoms with Crippen LogP contribution < -0.4 is 10.6 Å². The zero-order valence-electron chi connectivity index (χ0n) is 25.9. The van der Waals surface area contributed by atoms with Crippen molar-refractivity contribution in [1.29, 1.82) is 0 Å². The monoisotopic (exact) mass is 624 g/mol. The summed E-state index contributed by atoms with van der Waals surface area (Å²) in [5.74, 6) is -0.599. The Bertz CT molecular complexity index is 1440. The van der Waals surface area contributed by atoms with Gasteiger partial charge in [0.1, 0.15) is 11.6 Å². The molecule has 0 spiro atoms. The van der Waals surface area contributed by atoms with E-state index in [4.69, 9.17) is 4.74 Å². The molecule has 0 saturated carbocycles. The smallest absolute Gasteiger partial charge is 0.408 e. The molecule has 0 aliphatic heterocycles. The first-order valence-corrected chi connectivity index (χ1v) is 15.9. The Morgan fingerprint density at radius 2 is 1.20 bits per heavy atom. The number of carbonyl (C=O) groups excluding carboxylic acids is 2. The van der Waals surface area contributed by atoms with E-state index >= 15 is 0 Å². The molecule has 0 aliphatic rings. The third kappa shape index (κ3) is 9.46. The average molecular weight is 625 g/mol. The van der Waals surface area contributed by atoms with Crippen LogP contribution in [0.1, 0.15) is 55.0 Å². The van der Waals surface area contributed by atoms with Gasteiger partial charge in [0.15, 0.2) is 0 Å². The third-order valence-corrected chi connectivity index (χ3v) is 8.68. The number of carbonyl (C=O) groups is 3. The molecule has 0 aromatic heterocycles. The summed E-state index contributed by atoms with van der Waals surface area (Å²) in [6.07, 6.45) is -0.334. The van der Waals surface area contributed by atoms with Gasteiger partial charge in [0.2, 0.25) is 5.91 Å². The van der Waals surface area contributed by atoms with Crippen LogP contribution in [0.5, 0.6) is 0 Å². The number of alkyl carbamates (subject to hydrolysis) is 1. The number of nitrogens with one attached hydrogen (secondary N) is 2. The van der Waals surface area contributed by atoms with Crippen molar-refractivity contribution in [3.63, 3.8) is 0 Å². The van der Waals surface area contributed by atoms with Crippen LogP contribution in [0.4, 0.5) is 4.79 Å². The van der Waals surface area contributed by atoms with Crippen molar-refractivity contribution in [3.8, 4) is 0 Å². The molecule has 0 radical (unpaired) electrons. The number of carboxylic acid groups (broad SMARTS) is 1. The van der Waals surface area contributed by atoms with Gasteiger partial charge in [0.25, 0.3) is 0 Å². The number of ether oxygens (including phenoxy) is 1. The largest absolute Gasteiger partial charge is 0.480 e. The maximum absolute atomic E-state index is 13.0. The van der Waals surface area contributed by atoms with Crippen molar-refractivity contribution in [1.82, 2.24) is 10.6 Å². The first kappa shape index (κ1) is 33.3. The molecule has 0 heterocycles. The summed E-state index contributed by atoms with van der Waals surface area (Å²) in [6, 6.07) is 37.4. The number of benzene rings is 4. The number of hydrogen-bond acceptors (Lipinski definition) is 5. The quantitative estimate of drug-likeness (QED) is 0.139. The minimum Gasteiger partial charge on any atom is -0.480 e. The van der Waals surface area contributed by atoms with Gasteiger partial charge in [-0.1, -0.05) is 115 Å². The van der Waals surface area contributed by atoms with E-state index in [2.05, 4.69) is 47.0 Å². The number of carboxylic acids is 1. The number of rotatable bonds is 13. The Hall–Kier alpha value is -4.56. The van der Waals surface area contributed by atoms with Gasteiger partial charge >= 0.3 is 12.1 Å². The van der Waals surface area contributed by atoms with E-state index in [1.165, 1.54) is 0 Å². The third-order valence-electron chi connectivity index (χ3n) is 7.13. The van der Waals surface area contributed by atoms with Crippen molar-refractivity contribution in [2.45, 2.75) is 56.5 Å². The van der Waals surface area contributed by atoms with Crippen LogP contribution in [0, 0.1) is 0 Å². The van der Waals surface area contributed by atoms with Crippen molar-refractivity contribution < 1.29 is 24.2 Å². The fraction of sp³-hybridized carbons (Fsp3) is 0.270. The molecule has 2 amide bonds. The summed E-state index contributed by atoms with van der Waals surface area (Å²) in [7, 11) is 0. The molecule has 7 nitrogen and oxygen atoms in total. The Morgan fingerprint density at radius 3 is 1.64 bits per heavy atom. The molecule has 4 aromatic rings. The lowest BCUT2D eigenvalue weighted by molar-refractivity contribution is -0.139. The highest BCUT2D eigenvalue weighted by Crippen LogP contribution is 2.48. The number of hydrogen-bond donors (Lipinski definition) is 3. The molecule has 0 aliphatic carbocycles. The average Bonchev–Trinajstić information content (AvgIpc) is 3.03. The van der Waals surface area contributed by atoms with Crippen molar-refractivity contribution in [3.05, 3.63) is 143 Å². The Labute approximate surface area is 269 Å². The highest BCUT2D eigenvalue weighted by atomic mass is 32.2. The highest BCUT2D eigenvalue weighted by molar-refractivity contribution is 8.00. The second-order valence-corrected chi connectivity index (χ2v) is 13.0. The Morgan fingerprint density at radius 1 is 0.733 bits per heavy atom. The molecular formula is C37H40N2O5S. The van der Waals surface area contributed by atoms with E-state index in [0.717, 1.165) is 27.8 Å². The van der Waals surface area contributed by atoms with Crippen LogP contribution in [-0.4, -0.2) is 40.5 Å². The van der Waals surface area contributed by atoms with E-state index in [9.17, 15) is 19.5 Å². The summed E-state index contributed by atoms with van der Waals surface area (Å²) >= 11 is 1.75. The van der Waals surface area contributed by atoms with Crippen molar-refractivity contribution in [2.75, 3.05) is 5.75 Å². The number of aliphatic carboxylic acids is 1. The summed E-state index contributed by atoms with van der Waals surface area (Å²) < 4.78 is 4.71. The zero-order chi connectivity index (χ0) is 32.3. The van der Waals surface area contributed by atoms with Crippen LogP contribution in [0.25, 0.3) is 0 Å². The molecule has 4 rings (SSSR count). The SMILES string of the molecule is CC(C)(C)OC(=O)N[C@H](Cc1ccc(CNC(=O)CCSC(c2ccccc2)(c2ccccc2)c2ccccc2)cc1)C(=O)O. The summed E-state index contributed by atoms with van der Waals surface area (Å²) in [5, 5.41) is 15.0. The maximum Gasteiger partial charge on any atom is 0.408 e. The predicted octanol–water partition coefficient (Wildman–Crippen LogP) is 6.94. The van der Waals surface area contributed by atoms with Crippen LogP contribution in [0.2, 0.25) is 0 Å². The minimum atomic E-state index is -1.15. The Balaban J connectivity index is 1.37. The number of thioether (sulfide) groups is 1. The van der Waals surface area contributed by atoms with E-state index in [0.29, 0.717) is 18.7 Å². The van der Waals surface area contributed by atoms with Gasteiger partial charge in [-0.2, -0.15) is 0 Å². The lowest BCUT2D eigenvalue weighted by Gasteiger charge is -2.35. The summed E-state index contributed by atoms with van der Waals surface area (Å²) in [5.41, 5.74) is 4.35. The first-order valence-electron chi connectivity index (χ1n) is 14.9. The van der Waals surface area contributed by atoms with Gasteiger partial charge in [-0.25, -0.2) is 9.59 Å². The summed E-state index contributed by atoms with van der Waals surface area (Å²) in [6.45, 7) is 5.49. The molecule has 0 unspecified atom stereocenters. The van der Waals surface area contributed by atoms with Crippen LogP contribution in [-0.2, 0) is 32.0 Å². The molecule has 1 atom stereocenters. The van der Waals surface area contributed by atoms with Crippen LogP contribution in [0.15, 0.2) is 115 Å². The van der Waals surface area contributed by atoms with Gasteiger partial charge in [0.05, 0.1) is 4.75 Å². The van der Waals surface area contributed by atoms with Crippen molar-refractivity contribution >= 4 is 29.7 Å². The molecule has 3 N–H and O–H groups in total. The van der Waals surface area contributed by atoms with E-state index < -0.39 is 28.5 Å². The van der Waals surface area contributed by atoms with E-state index in [1.807, 2.05) is 66.7 Å². The summed E-state index contributed by atoms with van der Waals surface area (Å²) in [4.78, 5) is 36.8. The Kier molecular flexibility index (Phi) is 11.4. The molecule has 4 aromatic carbocycles. The van der Waals surface area contributed by atoms with Crippen LogP contribution in [0.3, 0.4) is 0 Å². The predicted molar refractivity (Wildman–Crippen MR) is 179 cm³/mol. The zero-order valence-corrected chi connectivity index (χ0v) is 26.7. The topological polar surface area (TPSA) is 105 Å². The fourth-order valence-electron chi connectivity index (χ4n) is 5.03. The number of amides is 2. The normalized spacial score (nSPS) is 12.2.